The number of allylic oxidation sites excluding steroid dienone is 1. The summed E-state index contributed by atoms with van der Waals surface area (Å²) in [5.74, 6) is -0.211. The first-order valence-corrected chi connectivity index (χ1v) is 6.93. The van der Waals surface area contributed by atoms with E-state index in [1.54, 1.807) is 0 Å². The Morgan fingerprint density at radius 1 is 1.25 bits per heavy atom. The van der Waals surface area contributed by atoms with Gasteiger partial charge in [0.05, 0.1) is 12.7 Å². The first-order valence-electron chi connectivity index (χ1n) is 6.55. The number of ether oxygens (including phenoxy) is 1. The maximum absolute atomic E-state index is 12.1. The summed E-state index contributed by atoms with van der Waals surface area (Å²) in [5, 5.41) is 0.683. The van der Waals surface area contributed by atoms with Crippen molar-refractivity contribution in [2.45, 2.75) is 26.7 Å². The molecule has 1 aliphatic heterocycles. The van der Waals surface area contributed by atoms with E-state index in [4.69, 9.17) is 16.3 Å². The number of aliphatic imine (C=N–C) groups is 1. The highest BCUT2D eigenvalue weighted by Gasteiger charge is 2.34. The predicted molar refractivity (Wildman–Crippen MR) is 81.2 cm³/mol. The van der Waals surface area contributed by atoms with Gasteiger partial charge >= 0.3 is 5.97 Å². The topological polar surface area (TPSA) is 38.7 Å². The number of hydrogen-bond donors (Lipinski definition) is 0. The Kier molecular flexibility index (Phi) is 4.29. The Morgan fingerprint density at radius 3 is 2.40 bits per heavy atom. The summed E-state index contributed by atoms with van der Waals surface area (Å²) in [6.07, 6.45) is 0. The maximum Gasteiger partial charge on any atom is 0.336 e. The average molecular weight is 292 g/mol. The highest BCUT2D eigenvalue weighted by atomic mass is 35.5. The fraction of sp³-hybridized carbons (Fsp3) is 0.375. The van der Waals surface area contributed by atoms with Gasteiger partial charge in [-0.15, -0.1) is 0 Å². The predicted octanol–water partition coefficient (Wildman–Crippen LogP) is 3.98. The molecule has 0 spiro atoms. The summed E-state index contributed by atoms with van der Waals surface area (Å²) in [6, 6.07) is 7.60. The van der Waals surface area contributed by atoms with Gasteiger partial charge in [-0.25, -0.2) is 4.79 Å². The smallest absolute Gasteiger partial charge is 0.336 e. The molecule has 0 aliphatic carbocycles. The monoisotopic (exact) mass is 291 g/mol. The molecule has 3 nitrogen and oxygen atoms in total. The van der Waals surface area contributed by atoms with E-state index in [9.17, 15) is 4.79 Å². The lowest BCUT2D eigenvalue weighted by Crippen LogP contribution is -2.28. The summed E-state index contributed by atoms with van der Waals surface area (Å²) in [7, 11) is 1.40. The number of hydrogen-bond acceptors (Lipinski definition) is 3. The van der Waals surface area contributed by atoms with Gasteiger partial charge in [-0.1, -0.05) is 30.7 Å². The molecule has 1 aliphatic rings. The Bertz CT molecular complexity index is 587. The van der Waals surface area contributed by atoms with Crippen molar-refractivity contribution in [3.63, 3.8) is 0 Å². The number of nitrogens with zero attached hydrogens (tertiary/aromatic N) is 1. The molecular weight excluding hydrogens is 274 g/mol. The van der Waals surface area contributed by atoms with Crippen LogP contribution in [0.5, 0.6) is 0 Å². The van der Waals surface area contributed by atoms with Gasteiger partial charge in [-0.3, -0.25) is 4.99 Å². The lowest BCUT2D eigenvalue weighted by molar-refractivity contribution is -0.136. The van der Waals surface area contributed by atoms with Gasteiger partial charge in [0.2, 0.25) is 0 Å². The van der Waals surface area contributed by atoms with E-state index in [1.807, 2.05) is 38.1 Å². The van der Waals surface area contributed by atoms with E-state index in [1.165, 1.54) is 7.11 Å². The zero-order valence-electron chi connectivity index (χ0n) is 12.1. The molecule has 0 aromatic heterocycles. The van der Waals surface area contributed by atoms with E-state index < -0.39 is 0 Å². The van der Waals surface area contributed by atoms with E-state index in [-0.39, 0.29) is 17.8 Å². The summed E-state index contributed by atoms with van der Waals surface area (Å²) in [5.41, 5.74) is 3.44. The molecule has 0 fully saturated rings. The minimum Gasteiger partial charge on any atom is -0.466 e. The molecule has 1 heterocycles. The molecule has 0 N–H and O–H groups in total. The van der Waals surface area contributed by atoms with Crippen molar-refractivity contribution >= 4 is 23.3 Å². The number of esters is 1. The molecule has 2 rings (SSSR count). The van der Waals surface area contributed by atoms with Gasteiger partial charge in [0.1, 0.15) is 0 Å². The van der Waals surface area contributed by atoms with Crippen molar-refractivity contribution in [2.24, 2.45) is 10.9 Å². The lowest BCUT2D eigenvalue weighted by atomic mass is 9.77. The third-order valence-electron chi connectivity index (χ3n) is 3.84. The molecule has 106 valence electrons. The Morgan fingerprint density at radius 2 is 1.85 bits per heavy atom. The van der Waals surface area contributed by atoms with Gasteiger partial charge in [-0.2, -0.15) is 0 Å². The third-order valence-corrected chi connectivity index (χ3v) is 4.09. The van der Waals surface area contributed by atoms with E-state index in [0.717, 1.165) is 17.0 Å². The number of carbonyl (C=O) groups excluding carboxylic acids is 1. The minimum absolute atomic E-state index is 0.0442. The van der Waals surface area contributed by atoms with Crippen LogP contribution < -0.4 is 0 Å². The van der Waals surface area contributed by atoms with Crippen LogP contribution >= 0.6 is 11.6 Å². The second-order valence-corrected chi connectivity index (χ2v) is 5.50. The van der Waals surface area contributed by atoms with Crippen molar-refractivity contribution in [3.8, 4) is 0 Å². The first kappa shape index (κ1) is 14.8. The number of rotatable bonds is 2. The fourth-order valence-corrected chi connectivity index (χ4v) is 2.78. The van der Waals surface area contributed by atoms with Crippen LogP contribution in [-0.2, 0) is 9.53 Å². The van der Waals surface area contributed by atoms with Crippen LogP contribution in [0.25, 0.3) is 0 Å². The molecule has 2 atom stereocenters. The molecular formula is C16H18ClNO2. The second kappa shape index (κ2) is 5.80. The van der Waals surface area contributed by atoms with Crippen molar-refractivity contribution in [1.82, 2.24) is 0 Å². The van der Waals surface area contributed by atoms with Crippen LogP contribution in [0.2, 0.25) is 5.02 Å². The molecule has 0 amide bonds. The average Bonchev–Trinajstić information content (AvgIpc) is 2.43. The maximum atomic E-state index is 12.1. The third kappa shape index (κ3) is 2.63. The van der Waals surface area contributed by atoms with Gasteiger partial charge in [0.15, 0.2) is 0 Å². The summed E-state index contributed by atoms with van der Waals surface area (Å²) < 4.78 is 4.93. The lowest BCUT2D eigenvalue weighted by Gasteiger charge is -2.30. The minimum atomic E-state index is -0.314. The van der Waals surface area contributed by atoms with Crippen LogP contribution in [0.3, 0.4) is 0 Å². The van der Waals surface area contributed by atoms with Crippen LogP contribution in [-0.4, -0.2) is 18.8 Å². The van der Waals surface area contributed by atoms with Crippen LogP contribution in [0.15, 0.2) is 40.5 Å². The zero-order valence-corrected chi connectivity index (χ0v) is 12.9. The van der Waals surface area contributed by atoms with Crippen LogP contribution in [0.4, 0.5) is 0 Å². The van der Waals surface area contributed by atoms with E-state index in [0.29, 0.717) is 10.6 Å². The molecule has 4 heteroatoms. The Balaban J connectivity index is 2.55. The standard InChI is InChI=1S/C16H18ClNO2/c1-9-10(2)18-11(3)15(16(19)20-4)14(9)12-5-7-13(17)8-6-12/h5-9,14H,1-4H3. The zero-order chi connectivity index (χ0) is 14.9. The normalized spacial score (nSPS) is 22.6. The molecule has 0 bridgehead atoms. The highest BCUT2D eigenvalue weighted by Crippen LogP contribution is 2.39. The van der Waals surface area contributed by atoms with Crippen LogP contribution in [0, 0.1) is 5.92 Å². The first-order chi connectivity index (χ1) is 9.45. The molecule has 0 radical (unpaired) electrons. The van der Waals surface area contributed by atoms with Gasteiger partial charge in [0.25, 0.3) is 0 Å². The molecule has 2 unspecified atom stereocenters. The molecule has 0 saturated heterocycles. The largest absolute Gasteiger partial charge is 0.466 e. The molecule has 1 aromatic carbocycles. The number of benzene rings is 1. The van der Waals surface area contributed by atoms with Crippen molar-refractivity contribution < 1.29 is 9.53 Å². The quantitative estimate of drug-likeness (QED) is 0.773. The SMILES string of the molecule is COC(=O)C1=C(C)N=C(C)C(C)C1c1ccc(Cl)cc1. The number of carbonyl (C=O) groups is 1. The van der Waals surface area contributed by atoms with E-state index >= 15 is 0 Å². The summed E-state index contributed by atoms with van der Waals surface area (Å²) in [6.45, 7) is 5.92. The Labute approximate surface area is 124 Å². The highest BCUT2D eigenvalue weighted by molar-refractivity contribution is 6.30. The van der Waals surface area contributed by atoms with Gasteiger partial charge in [-0.05, 0) is 31.5 Å². The van der Waals surface area contributed by atoms with Crippen LogP contribution in [0.1, 0.15) is 32.3 Å². The van der Waals surface area contributed by atoms with Crippen molar-refractivity contribution in [1.29, 1.82) is 0 Å². The summed E-state index contributed by atoms with van der Waals surface area (Å²) in [4.78, 5) is 16.6. The molecule has 0 saturated carbocycles. The Hall–Kier alpha value is -1.61. The van der Waals surface area contributed by atoms with Gasteiger partial charge in [0, 0.05) is 28.3 Å². The fourth-order valence-electron chi connectivity index (χ4n) is 2.65. The molecule has 20 heavy (non-hydrogen) atoms. The van der Waals surface area contributed by atoms with Crippen molar-refractivity contribution in [3.05, 3.63) is 46.1 Å². The van der Waals surface area contributed by atoms with Gasteiger partial charge < -0.3 is 4.74 Å². The van der Waals surface area contributed by atoms with E-state index in [2.05, 4.69) is 11.9 Å². The number of halogens is 1. The second-order valence-electron chi connectivity index (χ2n) is 5.06. The molecule has 1 aromatic rings. The number of methoxy groups -OCH3 is 1. The summed E-state index contributed by atoms with van der Waals surface area (Å²) >= 11 is 5.94. The van der Waals surface area contributed by atoms with Crippen molar-refractivity contribution in [2.75, 3.05) is 7.11 Å².